The Morgan fingerprint density at radius 3 is 1.24 bits per heavy atom. The highest BCUT2D eigenvalue weighted by Crippen LogP contribution is 2.43. The second-order valence-corrected chi connectivity index (χ2v) is 22.8. The number of quaternary nitrogens is 1. The summed E-state index contributed by atoms with van der Waals surface area (Å²) < 4.78 is 35.3. The molecule has 0 aromatic heterocycles. The minimum Gasteiger partial charge on any atom is -0.457 e. The van der Waals surface area contributed by atoms with E-state index in [2.05, 4.69) is 74.6 Å². The quantitative estimate of drug-likeness (QED) is 0.0213. The predicted molar refractivity (Wildman–Crippen MR) is 307 cm³/mol. The number of likely N-dealkylation sites (N-methyl/N-ethyl adjacent to an activating group) is 1. The first kappa shape index (κ1) is 69.2. The van der Waals surface area contributed by atoms with Crippen LogP contribution in [0.1, 0.15) is 271 Å². The van der Waals surface area contributed by atoms with Gasteiger partial charge in [-0.05, 0) is 77.0 Å². The number of hydrogen-bond donors (Lipinski definition) is 1. The second kappa shape index (κ2) is 54.5. The molecular weight excluding hydrogens is 902 g/mol. The number of nitrogens with zero attached hydrogens (tertiary/aromatic N) is 1. The molecule has 2 unspecified atom stereocenters. The molecule has 9 heteroatoms. The highest BCUT2D eigenvalue weighted by atomic mass is 31.2. The van der Waals surface area contributed by atoms with E-state index in [1.54, 1.807) is 0 Å². The Hall–Kier alpha value is -1.80. The number of unbranched alkanes of at least 4 members (excludes halogenated alkanes) is 32. The van der Waals surface area contributed by atoms with Gasteiger partial charge in [0.05, 0.1) is 34.4 Å². The Balaban J connectivity index is 4.04. The van der Waals surface area contributed by atoms with Gasteiger partial charge in [-0.2, -0.15) is 0 Å². The number of phosphoric ester groups is 1. The van der Waals surface area contributed by atoms with Crippen LogP contribution in [0.5, 0.6) is 0 Å². The number of carbonyl (C=O) groups excluding carboxylic acids is 1. The van der Waals surface area contributed by atoms with Crippen LogP contribution >= 0.6 is 7.82 Å². The molecule has 0 aromatic rings. The molecule has 0 aromatic carbocycles. The number of hydrogen-bond acceptors (Lipinski definition) is 6. The van der Waals surface area contributed by atoms with Gasteiger partial charge in [-0.25, -0.2) is 4.57 Å². The molecule has 416 valence electrons. The molecule has 0 saturated heterocycles. The van der Waals surface area contributed by atoms with Crippen LogP contribution in [0, 0.1) is 0 Å². The van der Waals surface area contributed by atoms with E-state index in [0.717, 1.165) is 57.8 Å². The molecule has 2 atom stereocenters. The van der Waals surface area contributed by atoms with Gasteiger partial charge >= 0.3 is 13.8 Å². The van der Waals surface area contributed by atoms with Crippen molar-refractivity contribution in [2.45, 2.75) is 277 Å². The van der Waals surface area contributed by atoms with Gasteiger partial charge in [-0.15, -0.1) is 0 Å². The van der Waals surface area contributed by atoms with E-state index in [9.17, 15) is 14.3 Å². The first-order chi connectivity index (χ1) is 34.6. The summed E-state index contributed by atoms with van der Waals surface area (Å²) in [6, 6.07) is 0. The maximum absolute atomic E-state index is 12.8. The SMILES string of the molecule is CC/C=C\C/C=C\C/C=C\C/C=C\CCCCCCCCCCCCCCC(=O)OC(COCCCCCCCCCCCCCC/C=C\CCCCCCCCCC)COP(=O)(O)OCC[N+](C)(C)C. The van der Waals surface area contributed by atoms with E-state index in [4.69, 9.17) is 18.5 Å². The van der Waals surface area contributed by atoms with Crippen LogP contribution in [-0.4, -0.2) is 75.6 Å². The lowest BCUT2D eigenvalue weighted by atomic mass is 10.0. The van der Waals surface area contributed by atoms with Crippen molar-refractivity contribution in [3.63, 3.8) is 0 Å². The van der Waals surface area contributed by atoms with Crippen molar-refractivity contribution < 1.29 is 37.3 Å². The van der Waals surface area contributed by atoms with Gasteiger partial charge in [0.2, 0.25) is 0 Å². The van der Waals surface area contributed by atoms with E-state index in [0.29, 0.717) is 24.1 Å². The first-order valence-corrected chi connectivity index (χ1v) is 31.5. The predicted octanol–water partition coefficient (Wildman–Crippen LogP) is 19.2. The van der Waals surface area contributed by atoms with Crippen LogP contribution in [0.3, 0.4) is 0 Å². The van der Waals surface area contributed by atoms with Crippen molar-refractivity contribution in [2.75, 3.05) is 54.1 Å². The van der Waals surface area contributed by atoms with Crippen molar-refractivity contribution in [2.24, 2.45) is 0 Å². The third-order valence-electron chi connectivity index (χ3n) is 13.1. The zero-order valence-electron chi connectivity index (χ0n) is 47.5. The molecule has 1 N–H and O–H groups in total. The van der Waals surface area contributed by atoms with E-state index >= 15 is 0 Å². The number of esters is 1. The first-order valence-electron chi connectivity index (χ1n) is 30.0. The molecule has 71 heavy (non-hydrogen) atoms. The fourth-order valence-corrected chi connectivity index (χ4v) is 9.22. The lowest BCUT2D eigenvalue weighted by Crippen LogP contribution is -2.37. The molecule has 0 spiro atoms. The molecular formula is C62H117NO7P+. The topological polar surface area (TPSA) is 91.3 Å². The third kappa shape index (κ3) is 59.0. The molecule has 0 aliphatic carbocycles. The van der Waals surface area contributed by atoms with Gasteiger partial charge in [0.15, 0.2) is 0 Å². The molecule has 0 saturated carbocycles. The highest BCUT2D eigenvalue weighted by molar-refractivity contribution is 7.47. The molecule has 8 nitrogen and oxygen atoms in total. The smallest absolute Gasteiger partial charge is 0.457 e. The summed E-state index contributed by atoms with van der Waals surface area (Å²) in [5, 5.41) is 0. The zero-order valence-corrected chi connectivity index (χ0v) is 48.4. The van der Waals surface area contributed by atoms with Crippen molar-refractivity contribution in [3.8, 4) is 0 Å². The van der Waals surface area contributed by atoms with Gasteiger partial charge in [-0.1, -0.05) is 248 Å². The van der Waals surface area contributed by atoms with E-state index in [1.807, 2.05) is 21.1 Å². The monoisotopic (exact) mass is 1020 g/mol. The van der Waals surface area contributed by atoms with Crippen molar-refractivity contribution in [3.05, 3.63) is 60.8 Å². The fraction of sp³-hybridized carbons (Fsp3) is 0.823. The molecule has 0 bridgehead atoms. The molecule has 0 radical (unpaired) electrons. The Morgan fingerprint density at radius 2 is 0.817 bits per heavy atom. The van der Waals surface area contributed by atoms with Gasteiger partial charge in [-0.3, -0.25) is 13.8 Å². The number of ether oxygens (including phenoxy) is 2. The minimum atomic E-state index is -4.29. The summed E-state index contributed by atoms with van der Waals surface area (Å²) in [4.78, 5) is 23.1. The van der Waals surface area contributed by atoms with Crippen LogP contribution in [-0.2, 0) is 27.9 Å². The maximum Gasteiger partial charge on any atom is 0.472 e. The van der Waals surface area contributed by atoms with E-state index in [-0.39, 0.29) is 25.8 Å². The van der Waals surface area contributed by atoms with Gasteiger partial charge in [0.1, 0.15) is 19.3 Å². The molecule has 0 rings (SSSR count). The van der Waals surface area contributed by atoms with Crippen molar-refractivity contribution in [1.82, 2.24) is 0 Å². The van der Waals surface area contributed by atoms with E-state index < -0.39 is 13.9 Å². The summed E-state index contributed by atoms with van der Waals surface area (Å²) in [5.74, 6) is -0.313. The minimum absolute atomic E-state index is 0.0875. The van der Waals surface area contributed by atoms with Crippen molar-refractivity contribution in [1.29, 1.82) is 0 Å². The maximum atomic E-state index is 12.8. The average Bonchev–Trinajstić information content (AvgIpc) is 3.33. The third-order valence-corrected chi connectivity index (χ3v) is 14.0. The molecule has 0 amide bonds. The number of phosphoric acid groups is 1. The molecule has 0 heterocycles. The van der Waals surface area contributed by atoms with Gasteiger partial charge in [0, 0.05) is 13.0 Å². The lowest BCUT2D eigenvalue weighted by Gasteiger charge is -2.24. The highest BCUT2D eigenvalue weighted by Gasteiger charge is 2.26. The lowest BCUT2D eigenvalue weighted by molar-refractivity contribution is -0.870. The number of allylic oxidation sites excluding steroid dienone is 10. The van der Waals surface area contributed by atoms with Crippen LogP contribution in [0.25, 0.3) is 0 Å². The summed E-state index contributed by atoms with van der Waals surface area (Å²) in [5.41, 5.74) is 0. The Labute approximate surface area is 440 Å². The molecule has 0 aliphatic heterocycles. The molecule has 0 fully saturated rings. The summed E-state index contributed by atoms with van der Waals surface area (Å²) in [6.45, 7) is 5.55. The Kier molecular flexibility index (Phi) is 53.1. The second-order valence-electron chi connectivity index (χ2n) is 21.3. The van der Waals surface area contributed by atoms with E-state index in [1.165, 1.54) is 193 Å². The fourth-order valence-electron chi connectivity index (χ4n) is 8.48. The summed E-state index contributed by atoms with van der Waals surface area (Å²) in [6.07, 6.45) is 71.5. The standard InChI is InChI=1S/C62H116NO7P/c1-6-8-10-12-14-16-18-20-22-24-26-28-30-32-33-35-37-39-41-43-45-47-49-51-53-55-62(64)70-61(60-69-71(65,66)68-58-56-63(3,4)5)59-67-57-54-52-50-48-46-44-42-40-38-36-34-31-29-27-25-23-21-19-17-15-13-11-9-7-2/h8,10,14,16,20,22,25-28,61H,6-7,9,11-13,15,17-19,21,23-24,29-60H2,1-5H3/p+1/b10-8-,16-14-,22-20-,27-25-,28-26-. The number of carbonyl (C=O) groups is 1. The summed E-state index contributed by atoms with van der Waals surface area (Å²) >= 11 is 0. The van der Waals surface area contributed by atoms with Gasteiger partial charge in [0.25, 0.3) is 0 Å². The van der Waals surface area contributed by atoms with Crippen LogP contribution in [0.4, 0.5) is 0 Å². The van der Waals surface area contributed by atoms with Crippen LogP contribution < -0.4 is 0 Å². The number of rotatable bonds is 56. The van der Waals surface area contributed by atoms with Gasteiger partial charge < -0.3 is 18.9 Å². The Bertz CT molecular complexity index is 1320. The normalized spacial score (nSPS) is 13.8. The molecule has 0 aliphatic rings. The van der Waals surface area contributed by atoms with Crippen LogP contribution in [0.2, 0.25) is 0 Å². The largest absolute Gasteiger partial charge is 0.472 e. The average molecular weight is 1020 g/mol. The van der Waals surface area contributed by atoms with Crippen LogP contribution in [0.15, 0.2) is 60.8 Å². The zero-order chi connectivity index (χ0) is 51.9. The Morgan fingerprint density at radius 1 is 0.451 bits per heavy atom. The summed E-state index contributed by atoms with van der Waals surface area (Å²) in [7, 11) is 1.67. The van der Waals surface area contributed by atoms with Crippen molar-refractivity contribution >= 4 is 13.8 Å².